The normalized spacial score (nSPS) is 20.2. The van der Waals surface area contributed by atoms with Crippen LogP contribution in [0.25, 0.3) is 5.82 Å². The van der Waals surface area contributed by atoms with Gasteiger partial charge in [-0.15, -0.1) is 0 Å². The van der Waals surface area contributed by atoms with Crippen LogP contribution in [0, 0.1) is 0 Å². The number of benzene rings is 1. The summed E-state index contributed by atoms with van der Waals surface area (Å²) in [6, 6.07) is 12.7. The van der Waals surface area contributed by atoms with Gasteiger partial charge in [-0.3, -0.25) is 0 Å². The predicted molar refractivity (Wildman–Crippen MR) is 97.0 cm³/mol. The number of ether oxygens (including phenoxy) is 1. The van der Waals surface area contributed by atoms with Gasteiger partial charge in [-0.1, -0.05) is 24.3 Å². The van der Waals surface area contributed by atoms with Crippen LogP contribution in [0.3, 0.4) is 0 Å². The van der Waals surface area contributed by atoms with E-state index in [1.54, 1.807) is 17.2 Å². The maximum absolute atomic E-state index is 6.35. The van der Waals surface area contributed by atoms with E-state index in [-0.39, 0.29) is 11.6 Å². The minimum atomic E-state index is 0.0235. The van der Waals surface area contributed by atoms with Gasteiger partial charge in [0.05, 0.1) is 0 Å². The van der Waals surface area contributed by atoms with Crippen molar-refractivity contribution < 1.29 is 4.74 Å². The van der Waals surface area contributed by atoms with E-state index >= 15 is 0 Å². The smallest absolute Gasteiger partial charge is 0.159 e. The second-order valence-electron chi connectivity index (χ2n) is 7.14. The summed E-state index contributed by atoms with van der Waals surface area (Å²) in [4.78, 5) is 8.51. The van der Waals surface area contributed by atoms with Gasteiger partial charge in [-0.05, 0) is 31.4 Å². The van der Waals surface area contributed by atoms with E-state index in [9.17, 15) is 0 Å². The lowest BCUT2D eigenvalue weighted by atomic mass is 9.73. The fourth-order valence-electron chi connectivity index (χ4n) is 4.00. The minimum absolute atomic E-state index is 0.0235. The molecule has 3 aromatic rings. The second-order valence-corrected chi connectivity index (χ2v) is 7.14. The molecule has 1 spiro atoms. The van der Waals surface area contributed by atoms with Crippen LogP contribution in [0.15, 0.2) is 55.2 Å². The minimum Gasteiger partial charge on any atom is -0.487 e. The van der Waals surface area contributed by atoms with E-state index in [1.165, 1.54) is 18.3 Å². The molecular formula is C20H21N5O. The molecule has 6 heteroatoms. The van der Waals surface area contributed by atoms with Crippen molar-refractivity contribution in [2.45, 2.75) is 43.9 Å². The Morgan fingerprint density at radius 2 is 2.12 bits per heavy atom. The van der Waals surface area contributed by atoms with Gasteiger partial charge >= 0.3 is 0 Å². The number of rotatable bonds is 4. The van der Waals surface area contributed by atoms with Gasteiger partial charge in [0.1, 0.15) is 24.0 Å². The molecule has 2 aromatic heterocycles. The molecule has 2 aliphatic rings. The van der Waals surface area contributed by atoms with Crippen LogP contribution in [-0.2, 0) is 6.54 Å². The summed E-state index contributed by atoms with van der Waals surface area (Å²) in [5, 5.41) is 7.96. The molecule has 1 aliphatic carbocycles. The second kappa shape index (κ2) is 6.21. The highest BCUT2D eigenvalue weighted by Gasteiger charge is 2.45. The van der Waals surface area contributed by atoms with Crippen molar-refractivity contribution in [3.8, 4) is 11.6 Å². The summed E-state index contributed by atoms with van der Waals surface area (Å²) in [6.45, 7) is 0.720. The Bertz CT molecular complexity index is 904. The highest BCUT2D eigenvalue weighted by molar-refractivity contribution is 5.40. The summed E-state index contributed by atoms with van der Waals surface area (Å²) in [7, 11) is 0. The lowest BCUT2D eigenvalue weighted by Gasteiger charge is -2.48. The summed E-state index contributed by atoms with van der Waals surface area (Å²) in [5.41, 5.74) is 2.37. The van der Waals surface area contributed by atoms with E-state index in [0.29, 0.717) is 0 Å². The van der Waals surface area contributed by atoms with Gasteiger partial charge in [0.2, 0.25) is 0 Å². The maximum atomic E-state index is 6.35. The Kier molecular flexibility index (Phi) is 3.71. The number of aromatic nitrogens is 4. The lowest BCUT2D eigenvalue weighted by Crippen LogP contribution is -2.49. The summed E-state index contributed by atoms with van der Waals surface area (Å²) in [5.74, 6) is 1.84. The van der Waals surface area contributed by atoms with Crippen molar-refractivity contribution in [3.05, 3.63) is 66.4 Å². The number of nitrogens with zero attached hydrogens (tertiary/aromatic N) is 4. The first-order valence-corrected chi connectivity index (χ1v) is 9.13. The van der Waals surface area contributed by atoms with Crippen LogP contribution in [-0.4, -0.2) is 25.3 Å². The van der Waals surface area contributed by atoms with Crippen LogP contribution >= 0.6 is 0 Å². The first-order chi connectivity index (χ1) is 12.8. The van der Waals surface area contributed by atoms with E-state index in [4.69, 9.17) is 4.74 Å². The molecule has 1 fully saturated rings. The average molecular weight is 347 g/mol. The number of hydrogen-bond donors (Lipinski definition) is 1. The largest absolute Gasteiger partial charge is 0.487 e. The monoisotopic (exact) mass is 347 g/mol. The third-order valence-electron chi connectivity index (χ3n) is 5.50. The molecule has 1 saturated carbocycles. The first kappa shape index (κ1) is 15.5. The Hall–Kier alpha value is -2.73. The van der Waals surface area contributed by atoms with E-state index in [0.717, 1.165) is 42.9 Å². The molecule has 1 atom stereocenters. The van der Waals surface area contributed by atoms with Gasteiger partial charge in [-0.25, -0.2) is 14.6 Å². The molecule has 0 bridgehead atoms. The van der Waals surface area contributed by atoms with Crippen LogP contribution in [0.2, 0.25) is 0 Å². The number of pyridine rings is 1. The number of para-hydroxylation sites is 1. The Morgan fingerprint density at radius 1 is 1.19 bits per heavy atom. The third kappa shape index (κ3) is 2.66. The Labute approximate surface area is 152 Å². The molecule has 1 aliphatic heterocycles. The zero-order chi connectivity index (χ0) is 17.4. The molecule has 132 valence electrons. The summed E-state index contributed by atoms with van der Waals surface area (Å²) in [6.07, 6.45) is 9.57. The van der Waals surface area contributed by atoms with Crippen molar-refractivity contribution in [2.75, 3.05) is 0 Å². The summed E-state index contributed by atoms with van der Waals surface area (Å²) < 4.78 is 8.06. The fraction of sp³-hybridized carbons (Fsp3) is 0.350. The predicted octanol–water partition coefficient (Wildman–Crippen LogP) is 3.20. The first-order valence-electron chi connectivity index (χ1n) is 9.13. The van der Waals surface area contributed by atoms with E-state index in [2.05, 4.69) is 50.7 Å². The van der Waals surface area contributed by atoms with Crippen molar-refractivity contribution >= 4 is 0 Å². The van der Waals surface area contributed by atoms with Crippen molar-refractivity contribution in [3.63, 3.8) is 0 Å². The molecule has 6 nitrogen and oxygen atoms in total. The van der Waals surface area contributed by atoms with Gasteiger partial charge in [0.15, 0.2) is 5.82 Å². The Morgan fingerprint density at radius 3 is 2.92 bits per heavy atom. The zero-order valence-electron chi connectivity index (χ0n) is 14.5. The van der Waals surface area contributed by atoms with Crippen LogP contribution in [0.1, 0.15) is 42.9 Å². The average Bonchev–Trinajstić information content (AvgIpc) is 3.19. The quantitative estimate of drug-likeness (QED) is 0.785. The third-order valence-corrected chi connectivity index (χ3v) is 5.50. The molecule has 3 heterocycles. The molecule has 1 aromatic carbocycles. The van der Waals surface area contributed by atoms with Crippen molar-refractivity contribution in [1.82, 2.24) is 25.1 Å². The van der Waals surface area contributed by atoms with Crippen LogP contribution in [0.4, 0.5) is 0 Å². The van der Waals surface area contributed by atoms with Crippen molar-refractivity contribution in [1.29, 1.82) is 0 Å². The molecular weight excluding hydrogens is 326 g/mol. The molecule has 26 heavy (non-hydrogen) atoms. The van der Waals surface area contributed by atoms with Crippen LogP contribution < -0.4 is 10.1 Å². The summed E-state index contributed by atoms with van der Waals surface area (Å²) >= 11 is 0. The number of fused-ring (bicyclic) bond motifs is 1. The topological polar surface area (TPSA) is 64.9 Å². The maximum Gasteiger partial charge on any atom is 0.159 e. The Balaban J connectivity index is 1.41. The molecule has 1 N–H and O–H groups in total. The molecule has 0 amide bonds. The van der Waals surface area contributed by atoms with Crippen LogP contribution in [0.5, 0.6) is 5.75 Å². The zero-order valence-corrected chi connectivity index (χ0v) is 14.5. The van der Waals surface area contributed by atoms with E-state index < -0.39 is 0 Å². The molecule has 1 unspecified atom stereocenters. The molecule has 0 radical (unpaired) electrons. The standard InChI is InChI=1S/C20H21N5O/c1-2-7-18-16(6-1)17(11-20(26-18)8-4-9-20)23-12-15-5-3-10-22-19(15)25-14-21-13-24-25/h1-3,5-7,10,13-14,17,23H,4,8-9,11-12H2. The highest BCUT2D eigenvalue weighted by Crippen LogP contribution is 2.48. The number of nitrogens with one attached hydrogen (secondary N) is 1. The molecule has 0 saturated heterocycles. The van der Waals surface area contributed by atoms with Crippen molar-refractivity contribution in [2.24, 2.45) is 0 Å². The van der Waals surface area contributed by atoms with Gasteiger partial charge in [0, 0.05) is 36.3 Å². The SMILES string of the molecule is c1cnc(-n2cncn2)c(CNC2CC3(CCC3)Oc3ccccc32)c1. The van der Waals surface area contributed by atoms with Gasteiger partial charge in [0.25, 0.3) is 0 Å². The number of hydrogen-bond acceptors (Lipinski definition) is 5. The van der Waals surface area contributed by atoms with Gasteiger partial charge < -0.3 is 10.1 Å². The van der Waals surface area contributed by atoms with E-state index in [1.807, 2.05) is 6.07 Å². The fourth-order valence-corrected chi connectivity index (χ4v) is 4.00. The molecule has 5 rings (SSSR count). The lowest BCUT2D eigenvalue weighted by molar-refractivity contribution is -0.0371. The van der Waals surface area contributed by atoms with Gasteiger partial charge in [-0.2, -0.15) is 5.10 Å². The highest BCUT2D eigenvalue weighted by atomic mass is 16.5.